The van der Waals surface area contributed by atoms with Gasteiger partial charge in [-0.25, -0.2) is 4.79 Å². The second-order valence-corrected chi connectivity index (χ2v) is 8.04. The van der Waals surface area contributed by atoms with Gasteiger partial charge in [0.15, 0.2) is 5.78 Å². The van der Waals surface area contributed by atoms with E-state index in [9.17, 15) is 27.9 Å². The average Bonchev–Trinajstić information content (AvgIpc) is 2.79. The van der Waals surface area contributed by atoms with E-state index in [2.05, 4.69) is 5.32 Å². The maximum absolute atomic E-state index is 14.1. The third-order valence-corrected chi connectivity index (χ3v) is 5.62. The van der Waals surface area contributed by atoms with Gasteiger partial charge in [0.25, 0.3) is 0 Å². The Balaban J connectivity index is 1.78. The number of amides is 2. The smallest absolute Gasteiger partial charge is 0.437 e. The van der Waals surface area contributed by atoms with Crippen molar-refractivity contribution in [2.75, 3.05) is 0 Å². The number of aryl methyl sites for hydroxylation is 1. The summed E-state index contributed by atoms with van der Waals surface area (Å²) in [5.74, 6) is -2.31. The van der Waals surface area contributed by atoms with E-state index < -0.39 is 35.7 Å². The number of benzene rings is 3. The highest BCUT2D eigenvalue weighted by Crippen LogP contribution is 2.44. The molecule has 1 aliphatic rings. The Kier molecular flexibility index (Phi) is 6.05. The molecule has 4 rings (SSSR count). The van der Waals surface area contributed by atoms with Crippen LogP contribution in [0.15, 0.2) is 78.9 Å². The Morgan fingerprint density at radius 3 is 2.26 bits per heavy atom. The van der Waals surface area contributed by atoms with Gasteiger partial charge in [-0.1, -0.05) is 60.2 Å². The molecule has 1 aliphatic heterocycles. The van der Waals surface area contributed by atoms with Crippen molar-refractivity contribution in [2.45, 2.75) is 24.9 Å². The molecule has 3 N–H and O–H groups in total. The van der Waals surface area contributed by atoms with Crippen LogP contribution in [0.5, 0.6) is 11.5 Å². The van der Waals surface area contributed by atoms with Crippen molar-refractivity contribution in [3.63, 3.8) is 0 Å². The molecule has 0 spiro atoms. The molecule has 1 saturated heterocycles. The molecule has 1 heterocycles. The first-order valence-electron chi connectivity index (χ1n) is 10.4. The van der Waals surface area contributed by atoms with Crippen LogP contribution in [0.1, 0.15) is 27.5 Å². The van der Waals surface area contributed by atoms with Crippen molar-refractivity contribution in [3.05, 3.63) is 95.6 Å². The van der Waals surface area contributed by atoms with Crippen LogP contribution < -0.4 is 15.4 Å². The fourth-order valence-electron chi connectivity index (χ4n) is 3.91. The maximum atomic E-state index is 14.1. The maximum Gasteiger partial charge on any atom is 0.437 e. The number of carbonyl (C=O) groups excluding carboxylic acids is 2. The van der Waals surface area contributed by atoms with Gasteiger partial charge in [-0.15, -0.1) is 0 Å². The molecule has 6 nitrogen and oxygen atoms in total. The molecular formula is C25H21F3N2O4. The van der Waals surface area contributed by atoms with Crippen molar-refractivity contribution in [2.24, 2.45) is 5.92 Å². The Hall–Kier alpha value is -3.85. The number of Topliss-reactive ketones (excluding diaryl/α,β-unsaturated/α-hetero) is 1. The minimum Gasteiger partial charge on any atom is -0.457 e. The summed E-state index contributed by atoms with van der Waals surface area (Å²) in [5, 5.41) is 14.6. The second kappa shape index (κ2) is 8.83. The van der Waals surface area contributed by atoms with E-state index >= 15 is 0 Å². The lowest BCUT2D eigenvalue weighted by atomic mass is 9.77. The molecule has 9 heteroatoms. The zero-order chi connectivity index (χ0) is 24.5. The number of carbonyl (C=O) groups is 2. The predicted octanol–water partition coefficient (Wildman–Crippen LogP) is 4.89. The molecular weight excluding hydrogens is 449 g/mol. The summed E-state index contributed by atoms with van der Waals surface area (Å²) < 4.78 is 48.0. The van der Waals surface area contributed by atoms with Crippen LogP contribution in [0.25, 0.3) is 0 Å². The van der Waals surface area contributed by atoms with E-state index in [-0.39, 0.29) is 16.9 Å². The highest BCUT2D eigenvalue weighted by atomic mass is 19.4. The van der Waals surface area contributed by atoms with E-state index in [1.165, 1.54) is 35.6 Å². The van der Waals surface area contributed by atoms with Gasteiger partial charge in [-0.2, -0.15) is 13.2 Å². The second-order valence-electron chi connectivity index (χ2n) is 8.04. The minimum atomic E-state index is -5.33. The number of urea groups is 1. The lowest BCUT2D eigenvalue weighted by Crippen LogP contribution is -2.72. The van der Waals surface area contributed by atoms with Crippen LogP contribution in [-0.2, 0) is 0 Å². The van der Waals surface area contributed by atoms with Crippen molar-refractivity contribution < 1.29 is 32.6 Å². The van der Waals surface area contributed by atoms with E-state index in [0.717, 1.165) is 5.56 Å². The standard InChI is InChI=1S/C25H21F3N2O4/c1-15-10-12-16(13-11-15)22(31)20-21(29-23(32)30-24(20,33)25(26,27)28)17-6-5-9-19(14-17)34-18-7-3-2-4-8-18/h2-14,20-21,33H,1H3,(H2,29,30,32)/t20-,21-,24-/m0/s1. The van der Waals surface area contributed by atoms with Gasteiger partial charge < -0.3 is 20.5 Å². The molecule has 0 aliphatic carbocycles. The summed E-state index contributed by atoms with van der Waals surface area (Å²) in [6.07, 6.45) is -5.33. The summed E-state index contributed by atoms with van der Waals surface area (Å²) in [7, 11) is 0. The SMILES string of the molecule is Cc1ccc(C(=O)[C@@H]2[C@H](c3cccc(Oc4ccccc4)c3)NC(=O)N[C@@]2(O)C(F)(F)F)cc1. The molecule has 2 amide bonds. The fraction of sp³-hybridized carbons (Fsp3) is 0.200. The van der Waals surface area contributed by atoms with Crippen molar-refractivity contribution >= 4 is 11.8 Å². The lowest BCUT2D eigenvalue weighted by molar-refractivity contribution is -0.287. The van der Waals surface area contributed by atoms with Crippen LogP contribution in [0, 0.1) is 12.8 Å². The van der Waals surface area contributed by atoms with E-state index in [1.807, 2.05) is 0 Å². The Bertz CT molecular complexity index is 1200. The highest BCUT2D eigenvalue weighted by Gasteiger charge is 2.66. The van der Waals surface area contributed by atoms with E-state index in [4.69, 9.17) is 4.74 Å². The van der Waals surface area contributed by atoms with Crippen LogP contribution in [0.3, 0.4) is 0 Å². The molecule has 0 aromatic heterocycles. The number of alkyl halides is 3. The number of ketones is 1. The summed E-state index contributed by atoms with van der Waals surface area (Å²) in [6, 6.07) is 17.9. The minimum absolute atomic E-state index is 0.0297. The molecule has 0 radical (unpaired) electrons. The van der Waals surface area contributed by atoms with Crippen molar-refractivity contribution in [3.8, 4) is 11.5 Å². The fourth-order valence-corrected chi connectivity index (χ4v) is 3.91. The molecule has 0 unspecified atom stereocenters. The van der Waals surface area contributed by atoms with E-state index in [1.54, 1.807) is 55.5 Å². The molecule has 3 atom stereocenters. The van der Waals surface area contributed by atoms with Gasteiger partial charge >= 0.3 is 12.2 Å². The lowest BCUT2D eigenvalue weighted by Gasteiger charge is -2.45. The highest BCUT2D eigenvalue weighted by molar-refractivity contribution is 6.00. The molecule has 0 saturated carbocycles. The first kappa shape index (κ1) is 23.3. The number of ether oxygens (including phenoxy) is 1. The van der Waals surface area contributed by atoms with Crippen LogP contribution >= 0.6 is 0 Å². The number of hydrogen-bond acceptors (Lipinski definition) is 4. The molecule has 3 aromatic carbocycles. The van der Waals surface area contributed by atoms with Gasteiger partial charge in [0.2, 0.25) is 5.72 Å². The van der Waals surface area contributed by atoms with Gasteiger partial charge in [-0.3, -0.25) is 4.79 Å². The zero-order valence-electron chi connectivity index (χ0n) is 18.0. The molecule has 1 fully saturated rings. The van der Waals surface area contributed by atoms with Crippen molar-refractivity contribution in [1.82, 2.24) is 10.6 Å². The van der Waals surface area contributed by atoms with E-state index in [0.29, 0.717) is 5.75 Å². The normalized spacial score (nSPS) is 22.4. The predicted molar refractivity (Wildman–Crippen MR) is 117 cm³/mol. The molecule has 176 valence electrons. The van der Waals surface area contributed by atoms with Crippen LogP contribution in [-0.4, -0.2) is 28.8 Å². The van der Waals surface area contributed by atoms with Gasteiger partial charge in [-0.05, 0) is 36.8 Å². The quantitative estimate of drug-likeness (QED) is 0.464. The monoisotopic (exact) mass is 470 g/mol. The third-order valence-electron chi connectivity index (χ3n) is 5.62. The first-order valence-corrected chi connectivity index (χ1v) is 10.4. The Morgan fingerprint density at radius 2 is 1.62 bits per heavy atom. The van der Waals surface area contributed by atoms with Gasteiger partial charge in [0, 0.05) is 5.56 Å². The number of halogens is 3. The summed E-state index contributed by atoms with van der Waals surface area (Å²) in [5.41, 5.74) is -2.85. The van der Waals surface area contributed by atoms with Gasteiger partial charge in [0.1, 0.15) is 17.4 Å². The third kappa shape index (κ3) is 4.47. The molecule has 34 heavy (non-hydrogen) atoms. The summed E-state index contributed by atoms with van der Waals surface area (Å²) in [4.78, 5) is 25.6. The average molecular weight is 470 g/mol. The molecule has 0 bridgehead atoms. The number of para-hydroxylation sites is 1. The molecule has 3 aromatic rings. The summed E-state index contributed by atoms with van der Waals surface area (Å²) in [6.45, 7) is 1.77. The topological polar surface area (TPSA) is 87.7 Å². The Morgan fingerprint density at radius 1 is 0.971 bits per heavy atom. The number of rotatable bonds is 5. The Labute approximate surface area is 193 Å². The number of hydrogen-bond donors (Lipinski definition) is 3. The van der Waals surface area contributed by atoms with Crippen LogP contribution in [0.4, 0.5) is 18.0 Å². The summed E-state index contributed by atoms with van der Waals surface area (Å²) >= 11 is 0. The number of nitrogens with one attached hydrogen (secondary N) is 2. The number of aliphatic hydroxyl groups is 1. The van der Waals surface area contributed by atoms with Crippen LogP contribution in [0.2, 0.25) is 0 Å². The first-order chi connectivity index (χ1) is 16.1. The van der Waals surface area contributed by atoms with Gasteiger partial charge in [0.05, 0.1) is 6.04 Å². The largest absolute Gasteiger partial charge is 0.457 e. The zero-order valence-corrected chi connectivity index (χ0v) is 18.0. The van der Waals surface area contributed by atoms with Crippen molar-refractivity contribution in [1.29, 1.82) is 0 Å².